The minimum Gasteiger partial charge on any atom is -0.416 e. The lowest BCUT2D eigenvalue weighted by atomic mass is 10.2. The van der Waals surface area contributed by atoms with Crippen molar-refractivity contribution in [2.75, 3.05) is 0 Å². The number of halogens is 1. The molecule has 0 saturated heterocycles. The first-order valence-corrected chi connectivity index (χ1v) is 4.24. The summed E-state index contributed by atoms with van der Waals surface area (Å²) in [7, 11) is 0. The fourth-order valence-electron chi connectivity index (χ4n) is 1.16. The van der Waals surface area contributed by atoms with Gasteiger partial charge in [-0.2, -0.15) is 0 Å². The number of carbonyl (C=O) groups is 1. The highest BCUT2D eigenvalue weighted by Crippen LogP contribution is 2.07. The molecular weight excluding hydrogens is 173 g/mol. The quantitative estimate of drug-likeness (QED) is 0.639. The lowest BCUT2D eigenvalue weighted by Gasteiger charge is -2.28. The minimum atomic E-state index is -0.529. The Kier molecular flexibility index (Phi) is 5.11. The molecule has 76 valence electrons. The normalized spacial score (nSPS) is 11.3. The number of ether oxygens (including phenoxy) is 1. The van der Waals surface area contributed by atoms with Crippen LogP contribution in [-0.4, -0.2) is 23.1 Å². The number of carbonyl (C=O) groups excluding carboxylic acids is 1. The third-order valence-electron chi connectivity index (χ3n) is 1.54. The van der Waals surface area contributed by atoms with E-state index in [-0.39, 0.29) is 18.4 Å². The SMILES string of the molecule is CC(C)N(C(=O)O/C=C/F)C(C)C. The molecule has 0 aliphatic rings. The number of amides is 1. The van der Waals surface area contributed by atoms with Crippen molar-refractivity contribution in [2.24, 2.45) is 0 Å². The van der Waals surface area contributed by atoms with Crippen LogP contribution in [0.1, 0.15) is 27.7 Å². The van der Waals surface area contributed by atoms with Crippen molar-refractivity contribution in [3.8, 4) is 0 Å². The summed E-state index contributed by atoms with van der Waals surface area (Å²) >= 11 is 0. The van der Waals surface area contributed by atoms with E-state index in [0.29, 0.717) is 0 Å². The van der Waals surface area contributed by atoms with Gasteiger partial charge in [0.2, 0.25) is 0 Å². The Balaban J connectivity index is 4.29. The Hall–Kier alpha value is -1.06. The molecule has 0 heterocycles. The average molecular weight is 189 g/mol. The van der Waals surface area contributed by atoms with Gasteiger partial charge in [-0.25, -0.2) is 9.18 Å². The molecule has 0 spiro atoms. The molecule has 0 atom stereocenters. The van der Waals surface area contributed by atoms with E-state index < -0.39 is 6.09 Å². The van der Waals surface area contributed by atoms with Crippen LogP contribution in [-0.2, 0) is 4.74 Å². The molecular formula is C9H16FNO2. The molecule has 3 nitrogen and oxygen atoms in total. The van der Waals surface area contributed by atoms with Crippen LogP contribution in [0.15, 0.2) is 12.6 Å². The maximum absolute atomic E-state index is 11.5. The summed E-state index contributed by atoms with van der Waals surface area (Å²) in [4.78, 5) is 12.8. The highest BCUT2D eigenvalue weighted by Gasteiger charge is 2.20. The first-order chi connectivity index (χ1) is 6.00. The molecule has 0 aliphatic carbocycles. The molecule has 0 unspecified atom stereocenters. The number of hydrogen-bond donors (Lipinski definition) is 0. The van der Waals surface area contributed by atoms with Crippen molar-refractivity contribution in [3.05, 3.63) is 12.6 Å². The molecule has 4 heteroatoms. The third kappa shape index (κ3) is 3.92. The number of nitrogens with zero attached hydrogens (tertiary/aromatic N) is 1. The zero-order valence-electron chi connectivity index (χ0n) is 8.45. The zero-order chi connectivity index (χ0) is 10.4. The van der Waals surface area contributed by atoms with Crippen LogP contribution in [0.25, 0.3) is 0 Å². The van der Waals surface area contributed by atoms with Crippen LogP contribution in [0.3, 0.4) is 0 Å². The van der Waals surface area contributed by atoms with Gasteiger partial charge in [-0.05, 0) is 27.7 Å². The second kappa shape index (κ2) is 5.56. The van der Waals surface area contributed by atoms with Crippen LogP contribution in [0.2, 0.25) is 0 Å². The molecule has 0 rings (SSSR count). The molecule has 0 aromatic rings. The van der Waals surface area contributed by atoms with E-state index in [1.54, 1.807) is 0 Å². The second-order valence-corrected chi connectivity index (χ2v) is 3.24. The van der Waals surface area contributed by atoms with Crippen molar-refractivity contribution in [1.29, 1.82) is 0 Å². The summed E-state index contributed by atoms with van der Waals surface area (Å²) in [6.07, 6.45) is 0.399. The largest absolute Gasteiger partial charge is 0.416 e. The fourth-order valence-corrected chi connectivity index (χ4v) is 1.16. The van der Waals surface area contributed by atoms with Crippen LogP contribution < -0.4 is 0 Å². The molecule has 0 saturated carbocycles. The van der Waals surface area contributed by atoms with Crippen molar-refractivity contribution >= 4 is 6.09 Å². The average Bonchev–Trinajstić information content (AvgIpc) is 1.99. The molecule has 0 N–H and O–H groups in total. The van der Waals surface area contributed by atoms with Gasteiger partial charge in [0.1, 0.15) is 12.6 Å². The topological polar surface area (TPSA) is 29.5 Å². The predicted molar refractivity (Wildman–Crippen MR) is 48.8 cm³/mol. The van der Waals surface area contributed by atoms with Gasteiger partial charge in [0.25, 0.3) is 0 Å². The van der Waals surface area contributed by atoms with E-state index in [2.05, 4.69) is 4.74 Å². The summed E-state index contributed by atoms with van der Waals surface area (Å²) in [6, 6.07) is 0.0843. The van der Waals surface area contributed by atoms with Gasteiger partial charge in [-0.3, -0.25) is 0 Å². The molecule has 0 aromatic heterocycles. The Morgan fingerprint density at radius 2 is 1.77 bits per heavy atom. The Labute approximate surface area is 78.2 Å². The molecule has 0 radical (unpaired) electrons. The number of hydrogen-bond acceptors (Lipinski definition) is 2. The smallest absolute Gasteiger partial charge is 0.415 e. The Bertz CT molecular complexity index is 182. The van der Waals surface area contributed by atoms with E-state index in [9.17, 15) is 9.18 Å². The minimum absolute atomic E-state index is 0.0421. The predicted octanol–water partition coefficient (Wildman–Crippen LogP) is 2.68. The van der Waals surface area contributed by atoms with Gasteiger partial charge in [-0.1, -0.05) is 0 Å². The van der Waals surface area contributed by atoms with Gasteiger partial charge < -0.3 is 9.64 Å². The lowest BCUT2D eigenvalue weighted by molar-refractivity contribution is 0.108. The van der Waals surface area contributed by atoms with E-state index in [0.717, 1.165) is 6.26 Å². The molecule has 13 heavy (non-hydrogen) atoms. The van der Waals surface area contributed by atoms with Gasteiger partial charge in [0, 0.05) is 12.1 Å². The van der Waals surface area contributed by atoms with Gasteiger partial charge in [0.05, 0.1) is 0 Å². The van der Waals surface area contributed by atoms with E-state index >= 15 is 0 Å². The van der Waals surface area contributed by atoms with Crippen LogP contribution >= 0.6 is 0 Å². The Morgan fingerprint density at radius 3 is 2.08 bits per heavy atom. The first-order valence-electron chi connectivity index (χ1n) is 4.24. The summed E-state index contributed by atoms with van der Waals surface area (Å²) in [5.41, 5.74) is 0. The summed E-state index contributed by atoms with van der Waals surface area (Å²) in [5, 5.41) is 0. The van der Waals surface area contributed by atoms with Crippen molar-refractivity contribution in [3.63, 3.8) is 0 Å². The van der Waals surface area contributed by atoms with E-state index in [4.69, 9.17) is 0 Å². The second-order valence-electron chi connectivity index (χ2n) is 3.24. The molecule has 0 bridgehead atoms. The molecule has 1 amide bonds. The van der Waals surface area contributed by atoms with Crippen LogP contribution in [0.5, 0.6) is 0 Å². The van der Waals surface area contributed by atoms with Crippen molar-refractivity contribution < 1.29 is 13.9 Å². The third-order valence-corrected chi connectivity index (χ3v) is 1.54. The first kappa shape index (κ1) is 11.9. The monoisotopic (exact) mass is 189 g/mol. The summed E-state index contributed by atoms with van der Waals surface area (Å²) < 4.78 is 16.1. The molecule has 0 aromatic carbocycles. The van der Waals surface area contributed by atoms with Gasteiger partial charge >= 0.3 is 6.09 Å². The van der Waals surface area contributed by atoms with Crippen LogP contribution in [0.4, 0.5) is 9.18 Å². The highest BCUT2D eigenvalue weighted by atomic mass is 19.1. The summed E-state index contributed by atoms with van der Waals surface area (Å²) in [6.45, 7) is 7.50. The highest BCUT2D eigenvalue weighted by molar-refractivity contribution is 5.68. The molecule has 0 fully saturated rings. The van der Waals surface area contributed by atoms with E-state index in [1.165, 1.54) is 4.90 Å². The van der Waals surface area contributed by atoms with Gasteiger partial charge in [0.15, 0.2) is 0 Å². The fraction of sp³-hybridized carbons (Fsp3) is 0.667. The van der Waals surface area contributed by atoms with Crippen molar-refractivity contribution in [2.45, 2.75) is 39.8 Å². The van der Waals surface area contributed by atoms with Crippen LogP contribution in [0, 0.1) is 0 Å². The lowest BCUT2D eigenvalue weighted by Crippen LogP contribution is -2.41. The maximum Gasteiger partial charge on any atom is 0.415 e. The van der Waals surface area contributed by atoms with E-state index in [1.807, 2.05) is 27.7 Å². The van der Waals surface area contributed by atoms with Gasteiger partial charge in [-0.15, -0.1) is 0 Å². The summed E-state index contributed by atoms with van der Waals surface area (Å²) in [5.74, 6) is 0. The standard InChI is InChI=1S/C9H16FNO2/c1-7(2)11(8(3)4)9(12)13-6-5-10/h5-8H,1-4H3/b6-5+. The van der Waals surface area contributed by atoms with Crippen molar-refractivity contribution in [1.82, 2.24) is 4.90 Å². The molecule has 0 aliphatic heterocycles. The maximum atomic E-state index is 11.5. The number of rotatable bonds is 3. The zero-order valence-corrected chi connectivity index (χ0v) is 8.45. The Morgan fingerprint density at radius 1 is 1.31 bits per heavy atom.